The Balaban J connectivity index is 2.03. The van der Waals surface area contributed by atoms with Crippen LogP contribution in [0.2, 0.25) is 0 Å². The Morgan fingerprint density at radius 3 is 2.52 bits per heavy atom. The van der Waals surface area contributed by atoms with Crippen LogP contribution in [0.4, 0.5) is 0 Å². The molecule has 25 heavy (non-hydrogen) atoms. The Morgan fingerprint density at radius 2 is 1.92 bits per heavy atom. The topological polar surface area (TPSA) is 78.9 Å². The van der Waals surface area contributed by atoms with Crippen LogP contribution in [0.3, 0.4) is 0 Å². The van der Waals surface area contributed by atoms with Gasteiger partial charge in [-0.3, -0.25) is 5.32 Å². The third-order valence-corrected chi connectivity index (χ3v) is 4.58. The molecule has 6 nitrogen and oxygen atoms in total. The molecule has 0 spiro atoms. The summed E-state index contributed by atoms with van der Waals surface area (Å²) >= 11 is 1.19. The molecule has 2 aromatic rings. The van der Waals surface area contributed by atoms with Crippen molar-refractivity contribution in [2.75, 3.05) is 27.2 Å². The van der Waals surface area contributed by atoms with E-state index >= 15 is 0 Å². The van der Waals surface area contributed by atoms with Crippen LogP contribution in [0.25, 0.3) is 0 Å². The quantitative estimate of drug-likeness (QED) is 0.667. The second-order valence-corrected chi connectivity index (χ2v) is 6.93. The Morgan fingerprint density at radius 1 is 1.20 bits per heavy atom. The van der Waals surface area contributed by atoms with Crippen molar-refractivity contribution >= 4 is 23.3 Å². The van der Waals surface area contributed by atoms with Crippen LogP contribution >= 0.6 is 11.3 Å². The molecule has 2 N–H and O–H groups in total. The molecule has 0 saturated heterocycles. The molecule has 0 aliphatic carbocycles. The number of nitrogens with zero attached hydrogens (tertiary/aromatic N) is 1. The lowest BCUT2D eigenvalue weighted by Crippen LogP contribution is -2.31. The summed E-state index contributed by atoms with van der Waals surface area (Å²) in [5, 5.41) is 12.2. The summed E-state index contributed by atoms with van der Waals surface area (Å²) in [5.74, 6) is -1.29. The fourth-order valence-corrected chi connectivity index (χ4v) is 2.98. The Hall–Kier alpha value is -2.22. The fraction of sp³-hybridized carbons (Fsp3) is 0.333. The molecule has 0 saturated carbocycles. The molecule has 0 amide bonds. The Labute approximate surface area is 151 Å². The molecule has 1 heterocycles. The highest BCUT2D eigenvalue weighted by Gasteiger charge is 2.22. The monoisotopic (exact) mass is 362 g/mol. The molecule has 0 fully saturated rings. The first-order valence-electron chi connectivity index (χ1n) is 7.89. The van der Waals surface area contributed by atoms with Crippen LogP contribution in [-0.4, -0.2) is 49.2 Å². The number of carboxylic acid groups (broad SMARTS) is 1. The van der Waals surface area contributed by atoms with Gasteiger partial charge in [-0.1, -0.05) is 30.3 Å². The number of benzene rings is 1. The summed E-state index contributed by atoms with van der Waals surface area (Å²) in [6, 6.07) is 12.1. The number of hydrogen-bond donors (Lipinski definition) is 2. The van der Waals surface area contributed by atoms with Gasteiger partial charge >= 0.3 is 11.9 Å². The van der Waals surface area contributed by atoms with Crippen molar-refractivity contribution in [3.05, 3.63) is 57.8 Å². The third kappa shape index (κ3) is 5.97. The van der Waals surface area contributed by atoms with Gasteiger partial charge in [0.25, 0.3) is 0 Å². The number of carboxylic acids is 1. The minimum absolute atomic E-state index is 0.279. The van der Waals surface area contributed by atoms with E-state index in [1.165, 1.54) is 11.3 Å². The zero-order valence-corrected chi connectivity index (χ0v) is 15.1. The van der Waals surface area contributed by atoms with E-state index in [0.717, 1.165) is 10.4 Å². The van der Waals surface area contributed by atoms with Crippen molar-refractivity contribution in [1.82, 2.24) is 10.2 Å². The van der Waals surface area contributed by atoms with Crippen molar-refractivity contribution in [2.24, 2.45) is 0 Å². The lowest BCUT2D eigenvalue weighted by molar-refractivity contribution is -0.146. The Kier molecular flexibility index (Phi) is 7.12. The van der Waals surface area contributed by atoms with E-state index in [2.05, 4.69) is 5.32 Å². The van der Waals surface area contributed by atoms with Crippen molar-refractivity contribution < 1.29 is 19.4 Å². The molecular formula is C18H22N2O4S. The van der Waals surface area contributed by atoms with Gasteiger partial charge < -0.3 is 14.7 Å². The molecule has 1 atom stereocenters. The first-order valence-corrected chi connectivity index (χ1v) is 8.70. The minimum Gasteiger partial charge on any atom is -0.477 e. The highest BCUT2D eigenvalue weighted by Crippen LogP contribution is 2.19. The van der Waals surface area contributed by atoms with Crippen molar-refractivity contribution in [1.29, 1.82) is 0 Å². The minimum atomic E-state index is -0.945. The number of thiophene rings is 1. The number of ether oxygens (including phenoxy) is 1. The van der Waals surface area contributed by atoms with E-state index < -0.39 is 12.0 Å². The summed E-state index contributed by atoms with van der Waals surface area (Å²) in [7, 11) is 3.83. The number of carbonyl (C=O) groups excluding carboxylic acids is 1. The number of esters is 1. The van der Waals surface area contributed by atoms with Crippen molar-refractivity contribution in [2.45, 2.75) is 12.6 Å². The van der Waals surface area contributed by atoms with Crippen LogP contribution in [-0.2, 0) is 16.1 Å². The van der Waals surface area contributed by atoms with E-state index in [9.17, 15) is 9.59 Å². The number of likely N-dealkylation sites (N-methyl/N-ethyl adjacent to an activating group) is 1. The molecule has 2 rings (SSSR count). The molecule has 0 bridgehead atoms. The van der Waals surface area contributed by atoms with Crippen LogP contribution in [0, 0.1) is 0 Å². The fourth-order valence-electron chi connectivity index (χ4n) is 2.19. The standard InChI is InChI=1S/C18H22N2O4S/c1-20(2)10-11-24-18(23)16(13-6-4-3-5-7-13)19-12-14-8-9-15(25-14)17(21)22/h3-9,16,19H,10-12H2,1-2H3,(H,21,22). The first-order chi connectivity index (χ1) is 12.0. The smallest absolute Gasteiger partial charge is 0.345 e. The molecular weight excluding hydrogens is 340 g/mol. The predicted octanol–water partition coefficient (Wildman–Crippen LogP) is 2.38. The molecule has 0 aliphatic rings. The molecule has 134 valence electrons. The maximum absolute atomic E-state index is 12.5. The summed E-state index contributed by atoms with van der Waals surface area (Å²) in [4.78, 5) is 26.5. The zero-order valence-electron chi connectivity index (χ0n) is 14.3. The molecule has 0 aliphatic heterocycles. The second kappa shape index (κ2) is 9.31. The number of rotatable bonds is 9. The summed E-state index contributed by atoms with van der Waals surface area (Å²) in [5.41, 5.74) is 0.812. The van der Waals surface area contributed by atoms with Gasteiger partial charge in [-0.15, -0.1) is 11.3 Å². The zero-order chi connectivity index (χ0) is 18.2. The average Bonchev–Trinajstić information content (AvgIpc) is 3.05. The van der Waals surface area contributed by atoms with Crippen LogP contribution in [0.15, 0.2) is 42.5 Å². The molecule has 0 radical (unpaired) electrons. The molecule has 1 aromatic heterocycles. The normalized spacial score (nSPS) is 12.1. The third-order valence-electron chi connectivity index (χ3n) is 3.50. The largest absolute Gasteiger partial charge is 0.477 e. The van der Waals surface area contributed by atoms with Gasteiger partial charge in [0.15, 0.2) is 0 Å². The lowest BCUT2D eigenvalue weighted by Gasteiger charge is -2.18. The van der Waals surface area contributed by atoms with Gasteiger partial charge in [-0.05, 0) is 31.8 Å². The SMILES string of the molecule is CN(C)CCOC(=O)C(NCc1ccc(C(=O)O)s1)c1ccccc1. The Bertz CT molecular complexity index is 700. The van der Waals surface area contributed by atoms with E-state index in [-0.39, 0.29) is 10.8 Å². The second-order valence-electron chi connectivity index (χ2n) is 5.77. The summed E-state index contributed by atoms with van der Waals surface area (Å²) in [6.07, 6.45) is 0. The van der Waals surface area contributed by atoms with Gasteiger partial charge in [0.2, 0.25) is 0 Å². The summed E-state index contributed by atoms with van der Waals surface area (Å²) < 4.78 is 5.37. The number of aromatic carboxylic acids is 1. The number of carbonyl (C=O) groups is 2. The predicted molar refractivity (Wildman–Crippen MR) is 96.8 cm³/mol. The lowest BCUT2D eigenvalue weighted by atomic mass is 10.1. The van der Waals surface area contributed by atoms with E-state index in [4.69, 9.17) is 9.84 Å². The van der Waals surface area contributed by atoms with Crippen LogP contribution in [0.5, 0.6) is 0 Å². The van der Waals surface area contributed by atoms with Gasteiger partial charge in [0.1, 0.15) is 17.5 Å². The molecule has 7 heteroatoms. The molecule has 1 aromatic carbocycles. The molecule has 1 unspecified atom stereocenters. The number of nitrogens with one attached hydrogen (secondary N) is 1. The highest BCUT2D eigenvalue weighted by atomic mass is 32.1. The summed E-state index contributed by atoms with van der Waals surface area (Å²) in [6.45, 7) is 1.36. The first kappa shape index (κ1) is 19.1. The van der Waals surface area contributed by atoms with Gasteiger partial charge in [-0.25, -0.2) is 9.59 Å². The van der Waals surface area contributed by atoms with Crippen LogP contribution < -0.4 is 5.32 Å². The van der Waals surface area contributed by atoms with E-state index in [0.29, 0.717) is 19.7 Å². The average molecular weight is 362 g/mol. The van der Waals surface area contributed by atoms with Crippen molar-refractivity contribution in [3.63, 3.8) is 0 Å². The van der Waals surface area contributed by atoms with E-state index in [1.807, 2.05) is 49.3 Å². The van der Waals surface area contributed by atoms with Crippen LogP contribution in [0.1, 0.15) is 26.2 Å². The maximum atomic E-state index is 12.5. The van der Waals surface area contributed by atoms with Gasteiger partial charge in [0, 0.05) is 18.0 Å². The highest BCUT2D eigenvalue weighted by molar-refractivity contribution is 7.13. The van der Waals surface area contributed by atoms with Gasteiger partial charge in [-0.2, -0.15) is 0 Å². The van der Waals surface area contributed by atoms with E-state index in [1.54, 1.807) is 12.1 Å². The maximum Gasteiger partial charge on any atom is 0.345 e. The van der Waals surface area contributed by atoms with Crippen molar-refractivity contribution in [3.8, 4) is 0 Å². The van der Waals surface area contributed by atoms with Gasteiger partial charge in [0.05, 0.1) is 0 Å². The number of hydrogen-bond acceptors (Lipinski definition) is 6.